The van der Waals surface area contributed by atoms with Gasteiger partial charge in [0.25, 0.3) is 0 Å². The monoisotopic (exact) mass is 262 g/mol. The summed E-state index contributed by atoms with van der Waals surface area (Å²) < 4.78 is 9.95. The van der Waals surface area contributed by atoms with Crippen LogP contribution in [0.25, 0.3) is 6.08 Å². The van der Waals surface area contributed by atoms with Crippen molar-refractivity contribution in [2.45, 2.75) is 6.92 Å². The number of carbonyl (C=O) groups is 2. The van der Waals surface area contributed by atoms with Crippen molar-refractivity contribution in [2.75, 3.05) is 6.79 Å². The van der Waals surface area contributed by atoms with Crippen molar-refractivity contribution < 1.29 is 24.2 Å². The van der Waals surface area contributed by atoms with E-state index < -0.39 is 11.9 Å². The number of esters is 1. The quantitative estimate of drug-likeness (QED) is 0.483. The number of benzene rings is 1. The van der Waals surface area contributed by atoms with E-state index in [4.69, 9.17) is 14.6 Å². The van der Waals surface area contributed by atoms with Crippen LogP contribution in [0.3, 0.4) is 0 Å². The van der Waals surface area contributed by atoms with Crippen molar-refractivity contribution >= 4 is 18.0 Å². The van der Waals surface area contributed by atoms with Gasteiger partial charge in [0.15, 0.2) is 0 Å². The second-order valence-electron chi connectivity index (χ2n) is 3.71. The molecule has 0 heterocycles. The summed E-state index contributed by atoms with van der Waals surface area (Å²) in [6, 6.07) is 6.68. The summed E-state index contributed by atoms with van der Waals surface area (Å²) in [6.45, 7) is 4.79. The van der Waals surface area contributed by atoms with Crippen LogP contribution < -0.4 is 4.74 Å². The molecule has 0 fully saturated rings. The minimum absolute atomic E-state index is 0.198. The molecule has 1 N–H and O–H groups in total. The van der Waals surface area contributed by atoms with Gasteiger partial charge in [-0.3, -0.25) is 0 Å². The molecule has 0 aliphatic heterocycles. The number of carbonyl (C=O) groups excluding carboxylic acids is 1. The molecule has 0 atom stereocenters. The number of hydrogen-bond acceptors (Lipinski definition) is 4. The zero-order valence-electron chi connectivity index (χ0n) is 10.5. The highest BCUT2D eigenvalue weighted by Crippen LogP contribution is 2.13. The second-order valence-corrected chi connectivity index (χ2v) is 3.71. The van der Waals surface area contributed by atoms with E-state index >= 15 is 0 Å². The highest BCUT2D eigenvalue weighted by Gasteiger charge is 2.02. The third kappa shape index (κ3) is 5.54. The molecule has 0 bridgehead atoms. The van der Waals surface area contributed by atoms with E-state index in [1.165, 1.54) is 6.08 Å². The van der Waals surface area contributed by atoms with E-state index in [2.05, 4.69) is 6.58 Å². The molecular weight excluding hydrogens is 248 g/mol. The van der Waals surface area contributed by atoms with Gasteiger partial charge in [0, 0.05) is 11.6 Å². The molecule has 0 unspecified atom stereocenters. The Morgan fingerprint density at radius 2 is 1.95 bits per heavy atom. The average Bonchev–Trinajstić information content (AvgIpc) is 2.37. The van der Waals surface area contributed by atoms with Crippen LogP contribution in [0, 0.1) is 0 Å². The van der Waals surface area contributed by atoms with Gasteiger partial charge in [-0.1, -0.05) is 18.7 Å². The van der Waals surface area contributed by atoms with Gasteiger partial charge in [-0.2, -0.15) is 0 Å². The lowest BCUT2D eigenvalue weighted by Gasteiger charge is -2.07. The third-order valence-electron chi connectivity index (χ3n) is 2.06. The Hall–Kier alpha value is -2.56. The molecule has 0 radical (unpaired) electrons. The first-order valence-electron chi connectivity index (χ1n) is 5.45. The van der Waals surface area contributed by atoms with Crippen LogP contribution in [0.4, 0.5) is 0 Å². The molecule has 0 spiro atoms. The van der Waals surface area contributed by atoms with Crippen molar-refractivity contribution in [1.29, 1.82) is 0 Å². The SMILES string of the molecule is C=C(C)C(=O)OCOc1ccc(C=CC(=O)O)cc1. The molecule has 5 nitrogen and oxygen atoms in total. The molecule has 0 aromatic heterocycles. The summed E-state index contributed by atoms with van der Waals surface area (Å²) in [4.78, 5) is 21.4. The number of aliphatic carboxylic acids is 1. The molecule has 19 heavy (non-hydrogen) atoms. The second kappa shape index (κ2) is 7.00. The van der Waals surface area contributed by atoms with Crippen molar-refractivity contribution in [1.82, 2.24) is 0 Å². The lowest BCUT2D eigenvalue weighted by molar-refractivity contribution is -0.145. The van der Waals surface area contributed by atoms with Gasteiger partial charge in [0.05, 0.1) is 0 Å². The standard InChI is InChI=1S/C14H14O5/c1-10(2)14(17)19-9-18-12-6-3-11(4-7-12)5-8-13(15)16/h3-8H,1,9H2,2H3,(H,15,16). The highest BCUT2D eigenvalue weighted by atomic mass is 16.7. The molecule has 0 saturated carbocycles. The summed E-state index contributed by atoms with van der Waals surface area (Å²) >= 11 is 0. The average molecular weight is 262 g/mol. The van der Waals surface area contributed by atoms with E-state index in [0.717, 1.165) is 11.6 Å². The van der Waals surface area contributed by atoms with Crippen molar-refractivity contribution in [3.8, 4) is 5.75 Å². The summed E-state index contributed by atoms with van der Waals surface area (Å²) in [6.07, 6.45) is 2.51. The predicted molar refractivity (Wildman–Crippen MR) is 69.5 cm³/mol. The van der Waals surface area contributed by atoms with Crippen LogP contribution in [-0.2, 0) is 14.3 Å². The molecule has 1 rings (SSSR count). The molecule has 0 aliphatic carbocycles. The number of carboxylic acids is 1. The van der Waals surface area contributed by atoms with Crippen LogP contribution in [0.1, 0.15) is 12.5 Å². The topological polar surface area (TPSA) is 72.8 Å². The van der Waals surface area contributed by atoms with Crippen molar-refractivity contribution in [3.63, 3.8) is 0 Å². The van der Waals surface area contributed by atoms with Crippen LogP contribution in [0.2, 0.25) is 0 Å². The minimum atomic E-state index is -1.01. The maximum atomic E-state index is 11.1. The fraction of sp³-hybridized carbons (Fsp3) is 0.143. The van der Waals surface area contributed by atoms with E-state index in [9.17, 15) is 9.59 Å². The maximum Gasteiger partial charge on any atom is 0.335 e. The Kier molecular flexibility index (Phi) is 5.35. The van der Waals surface area contributed by atoms with Crippen molar-refractivity contribution in [3.05, 3.63) is 48.1 Å². The molecule has 100 valence electrons. The molecular formula is C14H14O5. The Morgan fingerprint density at radius 1 is 1.32 bits per heavy atom. The van der Waals surface area contributed by atoms with E-state index in [1.54, 1.807) is 31.2 Å². The summed E-state index contributed by atoms with van der Waals surface area (Å²) in [5, 5.41) is 8.48. The first-order chi connectivity index (χ1) is 8.99. The first-order valence-corrected chi connectivity index (χ1v) is 5.45. The lowest BCUT2D eigenvalue weighted by Crippen LogP contribution is -2.10. The highest BCUT2D eigenvalue weighted by molar-refractivity contribution is 5.86. The van der Waals surface area contributed by atoms with Crippen molar-refractivity contribution in [2.24, 2.45) is 0 Å². The fourth-order valence-corrected chi connectivity index (χ4v) is 1.12. The summed E-state index contributed by atoms with van der Waals surface area (Å²) in [7, 11) is 0. The van der Waals surface area contributed by atoms with E-state index in [-0.39, 0.29) is 6.79 Å². The number of carboxylic acid groups (broad SMARTS) is 1. The van der Waals surface area contributed by atoms with Gasteiger partial charge in [-0.25, -0.2) is 9.59 Å². The molecule has 5 heteroatoms. The summed E-state index contributed by atoms with van der Waals surface area (Å²) in [5.74, 6) is -1.00. The molecule has 0 aliphatic rings. The molecule has 0 saturated heterocycles. The van der Waals surface area contributed by atoms with Gasteiger partial charge < -0.3 is 14.6 Å². The maximum absolute atomic E-state index is 11.1. The number of rotatable bonds is 6. The molecule has 1 aromatic carbocycles. The van der Waals surface area contributed by atoms with Gasteiger partial charge in [-0.05, 0) is 30.7 Å². The zero-order chi connectivity index (χ0) is 14.3. The zero-order valence-corrected chi connectivity index (χ0v) is 10.5. The minimum Gasteiger partial charge on any atom is -0.478 e. The predicted octanol–water partition coefficient (Wildman–Crippen LogP) is 2.24. The molecule has 1 aromatic rings. The molecule has 0 amide bonds. The van der Waals surface area contributed by atoms with Crippen LogP contribution >= 0.6 is 0 Å². The number of ether oxygens (including phenoxy) is 2. The number of hydrogen-bond donors (Lipinski definition) is 1. The van der Waals surface area contributed by atoms with E-state index in [1.807, 2.05) is 0 Å². The Labute approximate surface area is 110 Å². The van der Waals surface area contributed by atoms with E-state index in [0.29, 0.717) is 11.3 Å². The Morgan fingerprint density at radius 3 is 2.47 bits per heavy atom. The van der Waals surface area contributed by atoms with Gasteiger partial charge >= 0.3 is 11.9 Å². The smallest absolute Gasteiger partial charge is 0.335 e. The van der Waals surface area contributed by atoms with Crippen LogP contribution in [0.15, 0.2) is 42.5 Å². The normalized spacial score (nSPS) is 10.2. The van der Waals surface area contributed by atoms with Gasteiger partial charge in [-0.15, -0.1) is 0 Å². The van der Waals surface area contributed by atoms with Gasteiger partial charge in [0.2, 0.25) is 6.79 Å². The Balaban J connectivity index is 2.46. The third-order valence-corrected chi connectivity index (χ3v) is 2.06. The first kappa shape index (κ1) is 14.5. The lowest BCUT2D eigenvalue weighted by atomic mass is 10.2. The fourth-order valence-electron chi connectivity index (χ4n) is 1.12. The largest absolute Gasteiger partial charge is 0.478 e. The Bertz CT molecular complexity index is 499. The summed E-state index contributed by atoms with van der Waals surface area (Å²) in [5.41, 5.74) is 1.03. The van der Waals surface area contributed by atoms with Crippen LogP contribution in [-0.4, -0.2) is 23.8 Å². The van der Waals surface area contributed by atoms with Gasteiger partial charge in [0.1, 0.15) is 5.75 Å². The van der Waals surface area contributed by atoms with Crippen LogP contribution in [0.5, 0.6) is 5.75 Å².